The van der Waals surface area contributed by atoms with Gasteiger partial charge in [-0.1, -0.05) is 17.7 Å². The van der Waals surface area contributed by atoms with Crippen molar-refractivity contribution in [2.75, 3.05) is 18.0 Å². The lowest BCUT2D eigenvalue weighted by molar-refractivity contribution is 0.737. The first kappa shape index (κ1) is 13.0. The molecule has 1 aromatic heterocycles. The third-order valence-electron chi connectivity index (χ3n) is 3.64. The number of anilines is 1. The zero-order chi connectivity index (χ0) is 13.2. The van der Waals surface area contributed by atoms with E-state index in [0.29, 0.717) is 6.54 Å². The van der Waals surface area contributed by atoms with Crippen molar-refractivity contribution in [2.45, 2.75) is 19.4 Å². The monoisotopic (exact) mass is 292 g/mol. The third-order valence-corrected chi connectivity index (χ3v) is 5.01. The molecule has 0 bridgehead atoms. The predicted molar refractivity (Wildman–Crippen MR) is 83.3 cm³/mol. The van der Waals surface area contributed by atoms with E-state index in [-0.39, 0.29) is 0 Å². The average Bonchev–Trinajstić information content (AvgIpc) is 2.88. The quantitative estimate of drug-likeness (QED) is 0.939. The molecule has 1 aliphatic heterocycles. The molecule has 4 heteroatoms. The summed E-state index contributed by atoms with van der Waals surface area (Å²) in [6.45, 7) is 2.68. The molecule has 100 valence electrons. The molecule has 2 heterocycles. The van der Waals surface area contributed by atoms with Crippen LogP contribution in [0.5, 0.6) is 0 Å². The number of benzene rings is 1. The average molecular weight is 293 g/mol. The van der Waals surface area contributed by atoms with Crippen molar-refractivity contribution >= 4 is 28.6 Å². The Balaban J connectivity index is 1.93. The summed E-state index contributed by atoms with van der Waals surface area (Å²) in [5.41, 5.74) is 9.60. The zero-order valence-electron chi connectivity index (χ0n) is 10.7. The Morgan fingerprint density at radius 3 is 3.05 bits per heavy atom. The summed E-state index contributed by atoms with van der Waals surface area (Å²) in [6, 6.07) is 8.38. The molecule has 0 fully saturated rings. The minimum absolute atomic E-state index is 0.633. The zero-order valence-corrected chi connectivity index (χ0v) is 12.3. The van der Waals surface area contributed by atoms with Gasteiger partial charge < -0.3 is 10.6 Å². The number of nitrogens with two attached hydrogens (primary N) is 1. The van der Waals surface area contributed by atoms with E-state index in [1.807, 2.05) is 23.5 Å². The molecular formula is C15H17ClN2S. The van der Waals surface area contributed by atoms with Crippen LogP contribution in [0, 0.1) is 0 Å². The summed E-state index contributed by atoms with van der Waals surface area (Å²) in [7, 11) is 0. The molecule has 0 amide bonds. The van der Waals surface area contributed by atoms with E-state index in [1.165, 1.54) is 21.7 Å². The van der Waals surface area contributed by atoms with Gasteiger partial charge in [-0.15, -0.1) is 11.3 Å². The summed E-state index contributed by atoms with van der Waals surface area (Å²) in [5.74, 6) is 0. The number of halogens is 1. The summed E-state index contributed by atoms with van der Waals surface area (Å²) in [4.78, 5) is 3.95. The summed E-state index contributed by atoms with van der Waals surface area (Å²) in [5, 5.41) is 3.02. The molecule has 1 aliphatic rings. The van der Waals surface area contributed by atoms with E-state index in [1.54, 1.807) is 0 Å². The number of fused-ring (bicyclic) bond motifs is 1. The van der Waals surface area contributed by atoms with E-state index in [0.717, 1.165) is 31.0 Å². The number of nitrogens with zero attached hydrogens (tertiary/aromatic N) is 1. The lowest BCUT2D eigenvalue weighted by atomic mass is 10.0. The van der Waals surface area contributed by atoms with Crippen LogP contribution in [0.25, 0.3) is 0 Å². The van der Waals surface area contributed by atoms with Gasteiger partial charge in [-0.3, -0.25) is 0 Å². The summed E-state index contributed by atoms with van der Waals surface area (Å²) < 4.78 is 0. The molecule has 3 rings (SSSR count). The fourth-order valence-corrected chi connectivity index (χ4v) is 3.84. The maximum absolute atomic E-state index is 6.33. The van der Waals surface area contributed by atoms with Crippen LogP contribution < -0.4 is 10.6 Å². The normalized spacial score (nSPS) is 14.5. The highest BCUT2D eigenvalue weighted by Gasteiger charge is 2.20. The molecule has 0 saturated heterocycles. The smallest absolute Gasteiger partial charge is 0.0459 e. The number of rotatable bonds is 3. The Morgan fingerprint density at radius 2 is 2.21 bits per heavy atom. The third kappa shape index (κ3) is 2.50. The van der Waals surface area contributed by atoms with Crippen LogP contribution in [0.2, 0.25) is 5.02 Å². The number of hydrogen-bond acceptors (Lipinski definition) is 3. The van der Waals surface area contributed by atoms with Crippen LogP contribution in [0.15, 0.2) is 29.6 Å². The highest BCUT2D eigenvalue weighted by Crippen LogP contribution is 2.32. The van der Waals surface area contributed by atoms with E-state index in [2.05, 4.69) is 22.4 Å². The Morgan fingerprint density at radius 1 is 1.32 bits per heavy atom. The maximum Gasteiger partial charge on any atom is 0.0459 e. The van der Waals surface area contributed by atoms with Crippen molar-refractivity contribution in [2.24, 2.45) is 5.73 Å². The minimum atomic E-state index is 0.633. The highest BCUT2D eigenvalue weighted by molar-refractivity contribution is 7.10. The van der Waals surface area contributed by atoms with Gasteiger partial charge in [0.15, 0.2) is 0 Å². The fraction of sp³-hybridized carbons (Fsp3) is 0.333. The van der Waals surface area contributed by atoms with Crippen LogP contribution >= 0.6 is 22.9 Å². The summed E-state index contributed by atoms with van der Waals surface area (Å²) in [6.07, 6.45) is 1.96. The van der Waals surface area contributed by atoms with Crippen molar-refractivity contribution < 1.29 is 0 Å². The molecule has 0 unspecified atom stereocenters. The topological polar surface area (TPSA) is 29.3 Å². The van der Waals surface area contributed by atoms with Crippen LogP contribution in [-0.2, 0) is 19.4 Å². The second-order valence-corrected chi connectivity index (χ2v) is 6.22. The molecule has 0 saturated carbocycles. The minimum Gasteiger partial charge on any atom is -0.367 e. The first-order chi connectivity index (χ1) is 9.29. The van der Waals surface area contributed by atoms with Gasteiger partial charge in [0, 0.05) is 28.7 Å². The molecule has 2 aromatic rings. The predicted octanol–water partition coefficient (Wildman–Crippen LogP) is 3.47. The molecule has 0 aliphatic carbocycles. The second kappa shape index (κ2) is 5.53. The lowest BCUT2D eigenvalue weighted by Crippen LogP contribution is -2.30. The lowest BCUT2D eigenvalue weighted by Gasteiger charge is -2.31. The van der Waals surface area contributed by atoms with Gasteiger partial charge in [-0.25, -0.2) is 0 Å². The van der Waals surface area contributed by atoms with Crippen molar-refractivity contribution in [3.05, 3.63) is 50.7 Å². The fourth-order valence-electron chi connectivity index (χ4n) is 2.69. The standard InChI is InChI=1S/C15H17ClN2S/c16-13-2-1-3-14(12(13)4-7-17)18-8-5-15-11(10-18)6-9-19-15/h1-3,6,9H,4-5,7-8,10,17H2. The highest BCUT2D eigenvalue weighted by atomic mass is 35.5. The van der Waals surface area contributed by atoms with Gasteiger partial charge in [-0.05, 0) is 54.1 Å². The number of thiophene rings is 1. The van der Waals surface area contributed by atoms with Crippen LogP contribution in [0.1, 0.15) is 16.0 Å². The van der Waals surface area contributed by atoms with E-state index in [9.17, 15) is 0 Å². The number of hydrogen-bond donors (Lipinski definition) is 1. The molecule has 2 nitrogen and oxygen atoms in total. The molecule has 0 radical (unpaired) electrons. The first-order valence-electron chi connectivity index (χ1n) is 6.57. The summed E-state index contributed by atoms with van der Waals surface area (Å²) >= 11 is 8.19. The van der Waals surface area contributed by atoms with Gasteiger partial charge in [0.2, 0.25) is 0 Å². The molecule has 1 aromatic carbocycles. The van der Waals surface area contributed by atoms with Crippen LogP contribution in [-0.4, -0.2) is 13.1 Å². The Hall–Kier alpha value is -1.03. The molecule has 19 heavy (non-hydrogen) atoms. The largest absolute Gasteiger partial charge is 0.367 e. The van der Waals surface area contributed by atoms with Crippen molar-refractivity contribution in [1.82, 2.24) is 0 Å². The Bertz CT molecular complexity index is 579. The van der Waals surface area contributed by atoms with Crippen LogP contribution in [0.4, 0.5) is 5.69 Å². The van der Waals surface area contributed by atoms with Crippen molar-refractivity contribution in [3.63, 3.8) is 0 Å². The van der Waals surface area contributed by atoms with Crippen molar-refractivity contribution in [1.29, 1.82) is 0 Å². The Labute approximate surface area is 122 Å². The van der Waals surface area contributed by atoms with Gasteiger partial charge in [0.25, 0.3) is 0 Å². The van der Waals surface area contributed by atoms with E-state index in [4.69, 9.17) is 17.3 Å². The van der Waals surface area contributed by atoms with Gasteiger partial charge in [0.05, 0.1) is 0 Å². The Kier molecular flexibility index (Phi) is 3.78. The molecule has 0 atom stereocenters. The maximum atomic E-state index is 6.33. The van der Waals surface area contributed by atoms with E-state index >= 15 is 0 Å². The van der Waals surface area contributed by atoms with E-state index < -0.39 is 0 Å². The van der Waals surface area contributed by atoms with Crippen molar-refractivity contribution in [3.8, 4) is 0 Å². The molecular weight excluding hydrogens is 276 g/mol. The van der Waals surface area contributed by atoms with Gasteiger partial charge in [0.1, 0.15) is 0 Å². The first-order valence-corrected chi connectivity index (χ1v) is 7.83. The molecule has 2 N–H and O–H groups in total. The van der Waals surface area contributed by atoms with Gasteiger partial charge >= 0.3 is 0 Å². The van der Waals surface area contributed by atoms with Gasteiger partial charge in [-0.2, -0.15) is 0 Å². The second-order valence-electron chi connectivity index (χ2n) is 4.82. The SMILES string of the molecule is NCCc1c(Cl)cccc1N1CCc2sccc2C1. The van der Waals surface area contributed by atoms with Crippen LogP contribution in [0.3, 0.4) is 0 Å². The molecule has 0 spiro atoms.